The second-order valence-corrected chi connectivity index (χ2v) is 7.54. The van der Waals surface area contributed by atoms with Crippen molar-refractivity contribution < 1.29 is 9.21 Å². The number of pyridine rings is 1. The molecule has 0 atom stereocenters. The number of para-hydroxylation sites is 1. The zero-order valence-electron chi connectivity index (χ0n) is 17.7. The predicted molar refractivity (Wildman–Crippen MR) is 122 cm³/mol. The Morgan fingerprint density at radius 2 is 1.81 bits per heavy atom. The molecular weight excluding hydrogens is 390 g/mol. The molecule has 0 unspecified atom stereocenters. The Kier molecular flexibility index (Phi) is 5.54. The van der Waals surface area contributed by atoms with E-state index in [1.165, 1.54) is 0 Å². The van der Waals surface area contributed by atoms with Gasteiger partial charge in [-0.3, -0.25) is 9.59 Å². The quantitative estimate of drug-likeness (QED) is 0.532. The molecule has 4 aromatic rings. The summed E-state index contributed by atoms with van der Waals surface area (Å²) in [7, 11) is 3.84. The van der Waals surface area contributed by atoms with Crippen molar-refractivity contribution in [3.63, 3.8) is 0 Å². The summed E-state index contributed by atoms with van der Waals surface area (Å²) in [5.41, 5.74) is 2.66. The summed E-state index contributed by atoms with van der Waals surface area (Å²) in [6.45, 7) is 2.06. The van der Waals surface area contributed by atoms with E-state index in [0.717, 1.165) is 16.9 Å². The van der Waals surface area contributed by atoms with E-state index >= 15 is 0 Å². The lowest BCUT2D eigenvalue weighted by atomic mass is 10.0. The standard InChI is InChI=1S/C25H23N3O3/c1-16-22(29)19-10-7-11-20(24(19)31-23(16)18-8-5-4-6-9-18)25(30)27-15-17-12-13-21(26-14-17)28(2)3/h4-14H,15H2,1-3H3,(H,27,30). The average Bonchev–Trinajstić information content (AvgIpc) is 2.80. The van der Waals surface area contributed by atoms with Gasteiger partial charge in [-0.25, -0.2) is 4.98 Å². The van der Waals surface area contributed by atoms with Crippen molar-refractivity contribution in [3.05, 3.63) is 93.8 Å². The second-order valence-electron chi connectivity index (χ2n) is 7.54. The molecule has 0 spiro atoms. The van der Waals surface area contributed by atoms with Crippen LogP contribution in [0.3, 0.4) is 0 Å². The normalized spacial score (nSPS) is 10.8. The van der Waals surface area contributed by atoms with Crippen LogP contribution in [0.4, 0.5) is 5.82 Å². The third-order valence-corrected chi connectivity index (χ3v) is 5.15. The molecule has 2 aromatic heterocycles. The first-order valence-electron chi connectivity index (χ1n) is 9.98. The molecule has 4 rings (SSSR count). The van der Waals surface area contributed by atoms with E-state index in [9.17, 15) is 9.59 Å². The van der Waals surface area contributed by atoms with Gasteiger partial charge in [-0.1, -0.05) is 42.5 Å². The number of nitrogens with zero attached hydrogens (tertiary/aromatic N) is 2. The fraction of sp³-hybridized carbons (Fsp3) is 0.160. The molecule has 1 N–H and O–H groups in total. The SMILES string of the molecule is Cc1c(-c2ccccc2)oc2c(C(=O)NCc3ccc(N(C)C)nc3)cccc2c1=O. The van der Waals surface area contributed by atoms with Gasteiger partial charge in [-0.2, -0.15) is 0 Å². The highest BCUT2D eigenvalue weighted by atomic mass is 16.3. The summed E-state index contributed by atoms with van der Waals surface area (Å²) in [5, 5.41) is 3.29. The number of hydrogen-bond donors (Lipinski definition) is 1. The molecule has 0 aliphatic heterocycles. The smallest absolute Gasteiger partial charge is 0.255 e. The van der Waals surface area contributed by atoms with Crippen molar-refractivity contribution in [2.75, 3.05) is 19.0 Å². The van der Waals surface area contributed by atoms with E-state index in [2.05, 4.69) is 10.3 Å². The van der Waals surface area contributed by atoms with Gasteiger partial charge in [0.25, 0.3) is 5.91 Å². The Bertz CT molecular complexity index is 1290. The van der Waals surface area contributed by atoms with Crippen LogP contribution in [0.25, 0.3) is 22.3 Å². The third-order valence-electron chi connectivity index (χ3n) is 5.15. The number of amides is 1. The molecule has 6 heteroatoms. The van der Waals surface area contributed by atoms with Crippen LogP contribution >= 0.6 is 0 Å². The molecule has 2 heterocycles. The zero-order valence-corrected chi connectivity index (χ0v) is 17.7. The molecule has 0 saturated heterocycles. The first-order valence-corrected chi connectivity index (χ1v) is 9.98. The summed E-state index contributed by atoms with van der Waals surface area (Å²) < 4.78 is 6.13. The Morgan fingerprint density at radius 1 is 1.03 bits per heavy atom. The predicted octanol–water partition coefficient (Wildman–Crippen LogP) is 4.16. The number of nitrogens with one attached hydrogen (secondary N) is 1. The molecule has 0 fully saturated rings. The number of carbonyl (C=O) groups is 1. The zero-order chi connectivity index (χ0) is 22.0. The maximum atomic E-state index is 13.0. The van der Waals surface area contributed by atoms with Crippen molar-refractivity contribution in [1.82, 2.24) is 10.3 Å². The lowest BCUT2D eigenvalue weighted by Crippen LogP contribution is -2.23. The van der Waals surface area contributed by atoms with Crippen molar-refractivity contribution in [2.24, 2.45) is 0 Å². The Labute approximate surface area is 180 Å². The molecule has 6 nitrogen and oxygen atoms in total. The third kappa shape index (κ3) is 4.05. The molecule has 0 aliphatic rings. The number of anilines is 1. The molecule has 0 bridgehead atoms. The van der Waals surface area contributed by atoms with Crippen LogP contribution in [-0.2, 0) is 6.54 Å². The first kappa shape index (κ1) is 20.3. The minimum Gasteiger partial charge on any atom is -0.455 e. The van der Waals surface area contributed by atoms with Gasteiger partial charge in [0.1, 0.15) is 11.6 Å². The number of benzene rings is 2. The molecule has 0 radical (unpaired) electrons. The minimum atomic E-state index is -0.312. The van der Waals surface area contributed by atoms with E-state index in [4.69, 9.17) is 4.42 Å². The Hall–Kier alpha value is -3.93. The van der Waals surface area contributed by atoms with Gasteiger partial charge in [-0.05, 0) is 30.7 Å². The Morgan fingerprint density at radius 3 is 2.48 bits per heavy atom. The van der Waals surface area contributed by atoms with Crippen molar-refractivity contribution in [1.29, 1.82) is 0 Å². The van der Waals surface area contributed by atoms with Crippen molar-refractivity contribution in [3.8, 4) is 11.3 Å². The maximum absolute atomic E-state index is 13.0. The molecule has 1 amide bonds. The number of aromatic nitrogens is 1. The summed E-state index contributed by atoms with van der Waals surface area (Å²) >= 11 is 0. The summed E-state index contributed by atoms with van der Waals surface area (Å²) in [6, 6.07) is 18.3. The van der Waals surface area contributed by atoms with Gasteiger partial charge in [0, 0.05) is 38.0 Å². The van der Waals surface area contributed by atoms with Gasteiger partial charge >= 0.3 is 0 Å². The molecule has 156 valence electrons. The van der Waals surface area contributed by atoms with Crippen LogP contribution in [0, 0.1) is 6.92 Å². The number of rotatable bonds is 5. The monoisotopic (exact) mass is 413 g/mol. The van der Waals surface area contributed by atoms with Gasteiger partial charge in [-0.15, -0.1) is 0 Å². The van der Waals surface area contributed by atoms with E-state index in [-0.39, 0.29) is 16.9 Å². The van der Waals surface area contributed by atoms with Gasteiger partial charge in [0.2, 0.25) is 0 Å². The van der Waals surface area contributed by atoms with E-state index < -0.39 is 0 Å². The highest BCUT2D eigenvalue weighted by Gasteiger charge is 2.18. The lowest BCUT2D eigenvalue weighted by Gasteiger charge is -2.12. The summed E-state index contributed by atoms with van der Waals surface area (Å²) in [6.07, 6.45) is 1.73. The summed E-state index contributed by atoms with van der Waals surface area (Å²) in [4.78, 5) is 32.2. The van der Waals surface area contributed by atoms with E-state index in [1.807, 2.05) is 61.5 Å². The fourth-order valence-electron chi connectivity index (χ4n) is 3.42. The molecule has 0 aliphatic carbocycles. The van der Waals surface area contributed by atoms with Gasteiger partial charge in [0.05, 0.1) is 10.9 Å². The van der Waals surface area contributed by atoms with E-state index in [1.54, 1.807) is 31.3 Å². The first-order chi connectivity index (χ1) is 15.0. The van der Waals surface area contributed by atoms with Crippen LogP contribution < -0.4 is 15.6 Å². The average molecular weight is 413 g/mol. The Balaban J connectivity index is 1.68. The van der Waals surface area contributed by atoms with Crippen molar-refractivity contribution in [2.45, 2.75) is 13.5 Å². The lowest BCUT2D eigenvalue weighted by molar-refractivity contribution is 0.0951. The van der Waals surface area contributed by atoms with Crippen LogP contribution in [0.1, 0.15) is 21.5 Å². The number of carbonyl (C=O) groups excluding carboxylic acids is 1. The molecule has 2 aromatic carbocycles. The van der Waals surface area contributed by atoms with E-state index in [0.29, 0.717) is 28.8 Å². The topological polar surface area (TPSA) is 75.4 Å². The largest absolute Gasteiger partial charge is 0.455 e. The molecular formula is C25H23N3O3. The van der Waals surface area contributed by atoms with Crippen LogP contribution in [0.5, 0.6) is 0 Å². The molecule has 0 saturated carbocycles. The van der Waals surface area contributed by atoms with Crippen LogP contribution in [0.15, 0.2) is 76.1 Å². The summed E-state index contributed by atoms with van der Waals surface area (Å²) in [5.74, 6) is 1.00. The van der Waals surface area contributed by atoms with Crippen molar-refractivity contribution >= 4 is 22.7 Å². The van der Waals surface area contributed by atoms with Gasteiger partial charge < -0.3 is 14.6 Å². The second kappa shape index (κ2) is 8.44. The number of fused-ring (bicyclic) bond motifs is 1. The van der Waals surface area contributed by atoms with Gasteiger partial charge in [0.15, 0.2) is 11.0 Å². The molecule has 31 heavy (non-hydrogen) atoms. The minimum absolute atomic E-state index is 0.141. The maximum Gasteiger partial charge on any atom is 0.255 e. The number of hydrogen-bond acceptors (Lipinski definition) is 5. The fourth-order valence-corrected chi connectivity index (χ4v) is 3.42. The van der Waals surface area contributed by atoms with Crippen LogP contribution in [-0.4, -0.2) is 25.0 Å². The van der Waals surface area contributed by atoms with Crippen LogP contribution in [0.2, 0.25) is 0 Å². The highest BCUT2D eigenvalue weighted by molar-refractivity contribution is 6.05. The highest BCUT2D eigenvalue weighted by Crippen LogP contribution is 2.27.